The number of amides is 1. The third-order valence-electron chi connectivity index (χ3n) is 3.95. The van der Waals surface area contributed by atoms with Crippen LogP contribution in [-0.2, 0) is 26.8 Å². The number of carbonyl (C=O) groups excluding carboxylic acids is 1. The molecule has 1 amide bonds. The molecule has 0 fully saturated rings. The Kier molecular flexibility index (Phi) is 6.23. The van der Waals surface area contributed by atoms with Gasteiger partial charge in [0.05, 0.1) is 17.7 Å². The lowest BCUT2D eigenvalue weighted by molar-refractivity contribution is -0.116. The molecule has 3 aromatic rings. The molecular formula is C19H18FN3O5S. The van der Waals surface area contributed by atoms with Crippen molar-refractivity contribution in [2.75, 3.05) is 12.4 Å². The molecule has 29 heavy (non-hydrogen) atoms. The van der Waals surface area contributed by atoms with Gasteiger partial charge in [0.15, 0.2) is 15.7 Å². The van der Waals surface area contributed by atoms with Crippen molar-refractivity contribution in [1.29, 1.82) is 0 Å². The zero-order valence-corrected chi connectivity index (χ0v) is 16.3. The van der Waals surface area contributed by atoms with Crippen LogP contribution >= 0.6 is 0 Å². The Morgan fingerprint density at radius 2 is 1.90 bits per heavy atom. The second kappa shape index (κ2) is 8.82. The van der Waals surface area contributed by atoms with Crippen molar-refractivity contribution < 1.29 is 26.9 Å². The van der Waals surface area contributed by atoms with E-state index in [4.69, 9.17) is 9.26 Å². The molecule has 0 aliphatic heterocycles. The number of ether oxygens (including phenoxy) is 1. The Morgan fingerprint density at radius 3 is 2.62 bits per heavy atom. The summed E-state index contributed by atoms with van der Waals surface area (Å²) in [6.45, 7) is 0. The van der Waals surface area contributed by atoms with Crippen LogP contribution < -0.4 is 10.1 Å². The van der Waals surface area contributed by atoms with Crippen molar-refractivity contribution in [3.05, 3.63) is 66.1 Å². The van der Waals surface area contributed by atoms with E-state index in [1.165, 1.54) is 19.2 Å². The molecule has 152 valence electrons. The number of sulfone groups is 1. The summed E-state index contributed by atoms with van der Waals surface area (Å²) in [6.07, 6.45) is 0.203. The maximum Gasteiger partial charge on any atom is 0.227 e. The third kappa shape index (κ3) is 5.38. The minimum atomic E-state index is -3.74. The van der Waals surface area contributed by atoms with Crippen LogP contribution in [0, 0.1) is 5.82 Å². The lowest BCUT2D eigenvalue weighted by atomic mass is 10.2. The quantitative estimate of drug-likeness (QED) is 0.559. The smallest absolute Gasteiger partial charge is 0.227 e. The average Bonchev–Trinajstić information content (AvgIpc) is 3.14. The summed E-state index contributed by atoms with van der Waals surface area (Å²) in [7, 11) is -2.24. The fraction of sp³-hybridized carbons (Fsp3) is 0.211. The molecule has 0 atom stereocenters. The number of nitrogens with zero attached hydrogens (tertiary/aromatic N) is 2. The first-order valence-corrected chi connectivity index (χ1v) is 10.3. The molecule has 0 unspecified atom stereocenters. The summed E-state index contributed by atoms with van der Waals surface area (Å²) in [5.41, 5.74) is 0.539. The Labute approximate surface area is 166 Å². The second-order valence-corrected chi connectivity index (χ2v) is 8.06. The number of aryl methyl sites for hydroxylation is 1. The Bertz CT molecular complexity index is 1100. The van der Waals surface area contributed by atoms with Gasteiger partial charge in [-0.2, -0.15) is 4.98 Å². The van der Waals surface area contributed by atoms with Gasteiger partial charge in [-0.25, -0.2) is 12.8 Å². The fourth-order valence-electron chi connectivity index (χ4n) is 2.53. The largest absolute Gasteiger partial charge is 0.495 e. The summed E-state index contributed by atoms with van der Waals surface area (Å²) in [6, 6.07) is 11.5. The van der Waals surface area contributed by atoms with E-state index in [2.05, 4.69) is 15.5 Å². The van der Waals surface area contributed by atoms with Crippen molar-refractivity contribution in [2.45, 2.75) is 23.5 Å². The molecule has 0 bridgehead atoms. The van der Waals surface area contributed by atoms with E-state index < -0.39 is 21.4 Å². The molecule has 2 aromatic carbocycles. The van der Waals surface area contributed by atoms with Crippen molar-refractivity contribution in [3.63, 3.8) is 0 Å². The molecule has 10 heteroatoms. The summed E-state index contributed by atoms with van der Waals surface area (Å²) < 4.78 is 47.8. The van der Waals surface area contributed by atoms with Crippen LogP contribution in [0.3, 0.4) is 0 Å². The molecular weight excluding hydrogens is 401 g/mol. The first-order valence-electron chi connectivity index (χ1n) is 8.60. The number of aromatic nitrogens is 2. The van der Waals surface area contributed by atoms with Crippen molar-refractivity contribution in [3.8, 4) is 5.75 Å². The summed E-state index contributed by atoms with van der Waals surface area (Å²) in [4.78, 5) is 16.1. The molecule has 8 nitrogen and oxygen atoms in total. The van der Waals surface area contributed by atoms with Gasteiger partial charge in [-0.05, 0) is 36.4 Å². The molecule has 0 aliphatic carbocycles. The van der Waals surface area contributed by atoms with Crippen molar-refractivity contribution >= 4 is 21.4 Å². The highest BCUT2D eigenvalue weighted by Crippen LogP contribution is 2.23. The first-order chi connectivity index (χ1) is 13.9. The van der Waals surface area contributed by atoms with Gasteiger partial charge in [0.25, 0.3) is 0 Å². The van der Waals surface area contributed by atoms with Crippen LogP contribution in [0.5, 0.6) is 5.75 Å². The number of rotatable bonds is 8. The second-order valence-electron chi connectivity index (χ2n) is 6.07. The van der Waals surface area contributed by atoms with Gasteiger partial charge >= 0.3 is 0 Å². The van der Waals surface area contributed by atoms with Gasteiger partial charge in [-0.15, -0.1) is 0 Å². The van der Waals surface area contributed by atoms with Gasteiger partial charge in [-0.1, -0.05) is 17.3 Å². The molecule has 0 radical (unpaired) electrons. The minimum absolute atomic E-state index is 0.0329. The summed E-state index contributed by atoms with van der Waals surface area (Å²) in [5, 5.41) is 6.37. The van der Waals surface area contributed by atoms with E-state index >= 15 is 0 Å². The molecule has 0 saturated carbocycles. The predicted molar refractivity (Wildman–Crippen MR) is 102 cm³/mol. The van der Waals surface area contributed by atoms with Gasteiger partial charge in [-0.3, -0.25) is 4.79 Å². The van der Waals surface area contributed by atoms with Crippen LogP contribution in [-0.4, -0.2) is 31.6 Å². The number of carbonyl (C=O) groups is 1. The first kappa shape index (κ1) is 20.5. The number of methoxy groups -OCH3 is 1. The predicted octanol–water partition coefficient (Wildman–Crippen LogP) is 2.76. The maximum absolute atomic E-state index is 13.0. The molecule has 0 saturated heterocycles. The highest BCUT2D eigenvalue weighted by molar-refractivity contribution is 7.90. The fourth-order valence-corrected chi connectivity index (χ4v) is 3.70. The summed E-state index contributed by atoms with van der Waals surface area (Å²) in [5.74, 6) is -0.661. The SMILES string of the molecule is COc1ccccc1NC(=O)CCc1nc(CS(=O)(=O)c2ccc(F)cc2)no1. The lowest BCUT2D eigenvalue weighted by Gasteiger charge is -2.08. The van der Waals surface area contributed by atoms with E-state index in [0.29, 0.717) is 11.4 Å². The number of para-hydroxylation sites is 2. The average molecular weight is 419 g/mol. The van der Waals surface area contributed by atoms with Gasteiger partial charge in [0.1, 0.15) is 17.3 Å². The van der Waals surface area contributed by atoms with Crippen molar-refractivity contribution in [2.24, 2.45) is 0 Å². The zero-order valence-electron chi connectivity index (χ0n) is 15.5. The zero-order chi connectivity index (χ0) is 20.9. The molecule has 1 aromatic heterocycles. The Morgan fingerprint density at radius 1 is 1.17 bits per heavy atom. The molecule has 0 aliphatic rings. The normalized spacial score (nSPS) is 11.2. The molecule has 0 spiro atoms. The molecule has 1 N–H and O–H groups in total. The highest BCUT2D eigenvalue weighted by atomic mass is 32.2. The van der Waals surface area contributed by atoms with Gasteiger partial charge in [0, 0.05) is 12.8 Å². The third-order valence-corrected chi connectivity index (χ3v) is 5.58. The van der Waals surface area contributed by atoms with E-state index in [1.807, 2.05) is 0 Å². The maximum atomic E-state index is 13.0. The van der Waals surface area contributed by atoms with Crippen LogP contribution in [0.15, 0.2) is 57.9 Å². The van der Waals surface area contributed by atoms with Gasteiger partial charge in [0.2, 0.25) is 11.8 Å². The van der Waals surface area contributed by atoms with E-state index in [0.717, 1.165) is 12.1 Å². The van der Waals surface area contributed by atoms with Crippen LogP contribution in [0.2, 0.25) is 0 Å². The number of anilines is 1. The summed E-state index contributed by atoms with van der Waals surface area (Å²) >= 11 is 0. The van der Waals surface area contributed by atoms with E-state index in [-0.39, 0.29) is 35.4 Å². The number of nitrogens with one attached hydrogen (secondary N) is 1. The number of hydrogen-bond acceptors (Lipinski definition) is 7. The van der Waals surface area contributed by atoms with Gasteiger partial charge < -0.3 is 14.6 Å². The number of halogens is 1. The van der Waals surface area contributed by atoms with E-state index in [9.17, 15) is 17.6 Å². The van der Waals surface area contributed by atoms with E-state index in [1.54, 1.807) is 24.3 Å². The highest BCUT2D eigenvalue weighted by Gasteiger charge is 2.20. The number of benzene rings is 2. The Balaban J connectivity index is 1.57. The minimum Gasteiger partial charge on any atom is -0.495 e. The number of hydrogen-bond donors (Lipinski definition) is 1. The molecule has 1 heterocycles. The Hall–Kier alpha value is -3.27. The van der Waals surface area contributed by atoms with Crippen molar-refractivity contribution in [1.82, 2.24) is 10.1 Å². The van der Waals surface area contributed by atoms with Crippen LogP contribution in [0.25, 0.3) is 0 Å². The standard InChI is InChI=1S/C19H18FN3O5S/c1-27-16-5-3-2-4-15(16)21-18(24)10-11-19-22-17(23-28-19)12-29(25,26)14-8-6-13(20)7-9-14/h2-9H,10-12H2,1H3,(H,21,24). The van der Waals surface area contributed by atoms with Crippen LogP contribution in [0.1, 0.15) is 18.1 Å². The lowest BCUT2D eigenvalue weighted by Crippen LogP contribution is -2.13. The molecule has 3 rings (SSSR count). The monoisotopic (exact) mass is 419 g/mol. The van der Waals surface area contributed by atoms with Crippen LogP contribution in [0.4, 0.5) is 10.1 Å². The topological polar surface area (TPSA) is 111 Å².